The van der Waals surface area contributed by atoms with Gasteiger partial charge < -0.3 is 10.2 Å². The zero-order valence-electron chi connectivity index (χ0n) is 12.5. The lowest BCUT2D eigenvalue weighted by atomic mass is 10.1. The first kappa shape index (κ1) is 13.9. The molecule has 0 amide bonds. The molecule has 3 heteroatoms. The van der Waals surface area contributed by atoms with Crippen molar-refractivity contribution in [3.05, 3.63) is 35.9 Å². The fourth-order valence-electron chi connectivity index (χ4n) is 2.55. The van der Waals surface area contributed by atoms with Crippen LogP contribution < -0.4 is 10.2 Å². The van der Waals surface area contributed by atoms with E-state index in [1.165, 1.54) is 23.8 Å². The van der Waals surface area contributed by atoms with Crippen LogP contribution in [-0.4, -0.2) is 24.1 Å². The third kappa shape index (κ3) is 3.17. The van der Waals surface area contributed by atoms with E-state index in [2.05, 4.69) is 47.3 Å². The van der Waals surface area contributed by atoms with Gasteiger partial charge >= 0.3 is 0 Å². The van der Waals surface area contributed by atoms with Gasteiger partial charge in [-0.2, -0.15) is 0 Å². The van der Waals surface area contributed by atoms with E-state index in [0.29, 0.717) is 12.6 Å². The average Bonchev–Trinajstić information content (AvgIpc) is 3.34. The van der Waals surface area contributed by atoms with Crippen molar-refractivity contribution in [3.63, 3.8) is 0 Å². The first-order chi connectivity index (χ1) is 10.3. The predicted molar refractivity (Wildman–Crippen MR) is 88.3 cm³/mol. The van der Waals surface area contributed by atoms with E-state index in [0.717, 1.165) is 24.4 Å². The highest BCUT2D eigenvalue weighted by Crippen LogP contribution is 2.25. The molecular formula is C18H21N3. The maximum Gasteiger partial charge on any atom is 0.130 e. The van der Waals surface area contributed by atoms with Crippen molar-refractivity contribution >= 4 is 16.7 Å². The van der Waals surface area contributed by atoms with Crippen LogP contribution in [0, 0.1) is 12.3 Å². The van der Waals surface area contributed by atoms with Gasteiger partial charge in [-0.25, -0.2) is 4.98 Å². The van der Waals surface area contributed by atoms with Crippen molar-refractivity contribution < 1.29 is 0 Å². The van der Waals surface area contributed by atoms with Gasteiger partial charge in [0, 0.05) is 24.5 Å². The molecule has 0 radical (unpaired) electrons. The standard InChI is InChI=1S/C18H21N3/c1-3-11-21(4-2)18-12-14(13-19-15-9-10-15)16-7-5-6-8-17(16)20-18/h1,5-8,12,15,19H,4,9-11,13H2,2H3. The van der Waals surface area contributed by atoms with Gasteiger partial charge in [-0.3, -0.25) is 0 Å². The molecule has 3 nitrogen and oxygen atoms in total. The summed E-state index contributed by atoms with van der Waals surface area (Å²) in [5.41, 5.74) is 2.34. The fourth-order valence-corrected chi connectivity index (χ4v) is 2.55. The molecule has 1 aliphatic carbocycles. The number of hydrogen-bond acceptors (Lipinski definition) is 3. The van der Waals surface area contributed by atoms with Gasteiger partial charge in [-0.05, 0) is 37.5 Å². The Kier molecular flexibility index (Phi) is 4.08. The Morgan fingerprint density at radius 3 is 2.90 bits per heavy atom. The maximum absolute atomic E-state index is 5.47. The summed E-state index contributed by atoms with van der Waals surface area (Å²) in [6.07, 6.45) is 8.07. The Bertz CT molecular complexity index is 668. The van der Waals surface area contributed by atoms with Crippen LogP contribution in [0.4, 0.5) is 5.82 Å². The topological polar surface area (TPSA) is 28.2 Å². The van der Waals surface area contributed by atoms with Gasteiger partial charge in [0.1, 0.15) is 5.82 Å². The van der Waals surface area contributed by atoms with Crippen LogP contribution in [0.25, 0.3) is 10.9 Å². The van der Waals surface area contributed by atoms with E-state index in [9.17, 15) is 0 Å². The van der Waals surface area contributed by atoms with Crippen molar-refractivity contribution in [1.29, 1.82) is 0 Å². The molecule has 1 aromatic carbocycles. The molecule has 0 unspecified atom stereocenters. The van der Waals surface area contributed by atoms with E-state index in [-0.39, 0.29) is 0 Å². The predicted octanol–water partition coefficient (Wildman–Crippen LogP) is 2.95. The number of rotatable bonds is 6. The third-order valence-electron chi connectivity index (χ3n) is 3.93. The lowest BCUT2D eigenvalue weighted by Crippen LogP contribution is -2.24. The van der Waals surface area contributed by atoms with Gasteiger partial charge in [0.2, 0.25) is 0 Å². The second kappa shape index (κ2) is 6.15. The number of aromatic nitrogens is 1. The van der Waals surface area contributed by atoms with Crippen molar-refractivity contribution in [1.82, 2.24) is 10.3 Å². The molecule has 1 N–H and O–H groups in total. The van der Waals surface area contributed by atoms with Crippen molar-refractivity contribution in [2.75, 3.05) is 18.0 Å². The first-order valence-electron chi connectivity index (χ1n) is 7.62. The lowest BCUT2D eigenvalue weighted by molar-refractivity contribution is 0.690. The molecule has 1 fully saturated rings. The first-order valence-corrected chi connectivity index (χ1v) is 7.62. The van der Waals surface area contributed by atoms with Crippen molar-refractivity contribution in [2.45, 2.75) is 32.4 Å². The van der Waals surface area contributed by atoms with Crippen LogP contribution in [0.15, 0.2) is 30.3 Å². The Morgan fingerprint density at radius 1 is 1.38 bits per heavy atom. The molecular weight excluding hydrogens is 258 g/mol. The van der Waals surface area contributed by atoms with E-state index >= 15 is 0 Å². The number of hydrogen-bond donors (Lipinski definition) is 1. The summed E-state index contributed by atoms with van der Waals surface area (Å²) in [7, 11) is 0. The number of nitrogens with one attached hydrogen (secondary N) is 1. The highest BCUT2D eigenvalue weighted by Gasteiger charge is 2.20. The summed E-state index contributed by atoms with van der Waals surface area (Å²) in [5, 5.41) is 4.82. The van der Waals surface area contributed by atoms with Crippen LogP contribution >= 0.6 is 0 Å². The minimum Gasteiger partial charge on any atom is -0.346 e. The summed E-state index contributed by atoms with van der Waals surface area (Å²) >= 11 is 0. The average molecular weight is 279 g/mol. The zero-order chi connectivity index (χ0) is 14.7. The number of fused-ring (bicyclic) bond motifs is 1. The van der Waals surface area contributed by atoms with Gasteiger partial charge in [0.15, 0.2) is 0 Å². The Morgan fingerprint density at radius 2 is 2.19 bits per heavy atom. The maximum atomic E-state index is 5.47. The molecule has 0 aliphatic heterocycles. The molecule has 0 saturated heterocycles. The van der Waals surface area contributed by atoms with Gasteiger partial charge in [0.05, 0.1) is 12.1 Å². The number of para-hydroxylation sites is 1. The van der Waals surface area contributed by atoms with Crippen molar-refractivity contribution in [3.8, 4) is 12.3 Å². The highest BCUT2D eigenvalue weighted by molar-refractivity contribution is 5.84. The van der Waals surface area contributed by atoms with Gasteiger partial charge in [0.25, 0.3) is 0 Å². The Hall–Kier alpha value is -2.05. The molecule has 0 spiro atoms. The normalized spacial score (nSPS) is 14.1. The Labute approximate surface area is 126 Å². The lowest BCUT2D eigenvalue weighted by Gasteiger charge is -2.21. The number of terminal acetylenes is 1. The monoisotopic (exact) mass is 279 g/mol. The molecule has 108 valence electrons. The SMILES string of the molecule is C#CCN(CC)c1cc(CNC2CC2)c2ccccc2n1. The molecule has 3 rings (SSSR count). The molecule has 2 aromatic rings. The summed E-state index contributed by atoms with van der Waals surface area (Å²) in [6, 6.07) is 11.2. The quantitative estimate of drug-likeness (QED) is 0.824. The highest BCUT2D eigenvalue weighted by atomic mass is 15.2. The zero-order valence-corrected chi connectivity index (χ0v) is 12.5. The summed E-state index contributed by atoms with van der Waals surface area (Å²) in [5.74, 6) is 3.69. The molecule has 0 atom stereocenters. The molecule has 21 heavy (non-hydrogen) atoms. The Balaban J connectivity index is 1.98. The van der Waals surface area contributed by atoms with Crippen LogP contribution in [-0.2, 0) is 6.54 Å². The summed E-state index contributed by atoms with van der Waals surface area (Å²) in [6.45, 7) is 4.47. The van der Waals surface area contributed by atoms with Crippen LogP contribution in [0.5, 0.6) is 0 Å². The van der Waals surface area contributed by atoms with Crippen LogP contribution in [0.1, 0.15) is 25.3 Å². The molecule has 1 heterocycles. The fraction of sp³-hybridized carbons (Fsp3) is 0.389. The number of benzene rings is 1. The molecule has 0 bridgehead atoms. The largest absolute Gasteiger partial charge is 0.346 e. The van der Waals surface area contributed by atoms with Gasteiger partial charge in [-0.1, -0.05) is 24.1 Å². The summed E-state index contributed by atoms with van der Waals surface area (Å²) < 4.78 is 0. The number of anilines is 1. The van der Waals surface area contributed by atoms with Crippen molar-refractivity contribution in [2.24, 2.45) is 0 Å². The molecule has 1 aliphatic rings. The van der Waals surface area contributed by atoms with E-state index in [4.69, 9.17) is 11.4 Å². The van der Waals surface area contributed by atoms with E-state index < -0.39 is 0 Å². The minimum absolute atomic E-state index is 0.595. The second-order valence-electron chi connectivity index (χ2n) is 5.53. The number of pyridine rings is 1. The number of nitrogens with zero attached hydrogens (tertiary/aromatic N) is 2. The third-order valence-corrected chi connectivity index (χ3v) is 3.93. The molecule has 1 aromatic heterocycles. The van der Waals surface area contributed by atoms with E-state index in [1.807, 2.05) is 6.07 Å². The van der Waals surface area contributed by atoms with E-state index in [1.54, 1.807) is 0 Å². The van der Waals surface area contributed by atoms with Crippen LogP contribution in [0.3, 0.4) is 0 Å². The smallest absolute Gasteiger partial charge is 0.130 e. The van der Waals surface area contributed by atoms with Gasteiger partial charge in [-0.15, -0.1) is 6.42 Å². The minimum atomic E-state index is 0.595. The summed E-state index contributed by atoms with van der Waals surface area (Å²) in [4.78, 5) is 6.90. The van der Waals surface area contributed by atoms with Crippen LogP contribution in [0.2, 0.25) is 0 Å². The second-order valence-corrected chi connectivity index (χ2v) is 5.53. The molecule has 1 saturated carbocycles.